The monoisotopic (exact) mass is 232 g/mol. The van der Waals surface area contributed by atoms with E-state index in [-0.39, 0.29) is 6.61 Å². The van der Waals surface area contributed by atoms with Gasteiger partial charge in [-0.1, -0.05) is 12.1 Å². The largest absolute Gasteiger partial charge is 0.497 e. The third kappa shape index (κ3) is 4.78. The van der Waals surface area contributed by atoms with Crippen molar-refractivity contribution < 1.29 is 21.9 Å². The Morgan fingerprint density at radius 3 is 2.33 bits per heavy atom. The van der Waals surface area contributed by atoms with Crippen molar-refractivity contribution in [2.24, 2.45) is 0 Å². The van der Waals surface area contributed by atoms with Crippen LogP contribution in [0.25, 0.3) is 0 Å². The minimum Gasteiger partial charge on any atom is -0.497 e. The average Bonchev–Trinajstić information content (AvgIpc) is 2.17. The molecule has 0 atom stereocenters. The van der Waals surface area contributed by atoms with E-state index in [0.29, 0.717) is 6.42 Å². The molecule has 1 rings (SSSR count). The van der Waals surface area contributed by atoms with E-state index >= 15 is 0 Å². The van der Waals surface area contributed by atoms with Crippen LogP contribution in [-0.4, -0.2) is 26.7 Å². The van der Waals surface area contributed by atoms with E-state index in [0.717, 1.165) is 11.3 Å². The van der Waals surface area contributed by atoms with E-state index in [9.17, 15) is 8.42 Å². The van der Waals surface area contributed by atoms with Crippen LogP contribution in [0.3, 0.4) is 0 Å². The van der Waals surface area contributed by atoms with E-state index in [1.807, 2.05) is 0 Å². The highest BCUT2D eigenvalue weighted by Gasteiger charge is 2.03. The lowest BCUT2D eigenvalue weighted by atomic mass is 10.1. The molecular formula is C9H12O5S. The van der Waals surface area contributed by atoms with Crippen LogP contribution in [0.15, 0.2) is 24.3 Å². The molecule has 1 aromatic rings. The summed E-state index contributed by atoms with van der Waals surface area (Å²) in [6, 6.07) is 7.13. The second-order valence-electron chi connectivity index (χ2n) is 2.85. The predicted molar refractivity (Wildman–Crippen MR) is 54.2 cm³/mol. The number of benzene rings is 1. The highest BCUT2D eigenvalue weighted by atomic mass is 32.3. The van der Waals surface area contributed by atoms with Gasteiger partial charge in [0.15, 0.2) is 0 Å². The Balaban J connectivity index is 2.45. The molecule has 0 aliphatic heterocycles. The first-order valence-corrected chi connectivity index (χ1v) is 5.62. The maximum Gasteiger partial charge on any atom is 0.397 e. The van der Waals surface area contributed by atoms with Crippen LogP contribution in [0.1, 0.15) is 5.56 Å². The fourth-order valence-corrected chi connectivity index (χ4v) is 1.35. The maximum absolute atomic E-state index is 10.2. The Morgan fingerprint density at radius 2 is 1.87 bits per heavy atom. The molecule has 0 saturated heterocycles. The second-order valence-corrected chi connectivity index (χ2v) is 3.94. The van der Waals surface area contributed by atoms with Crippen LogP contribution < -0.4 is 4.74 Å². The first-order valence-electron chi connectivity index (χ1n) is 4.26. The molecule has 0 aromatic heterocycles. The Hall–Kier alpha value is -1.11. The molecule has 1 N–H and O–H groups in total. The third-order valence-corrected chi connectivity index (χ3v) is 2.25. The number of hydrogen-bond donors (Lipinski definition) is 1. The molecule has 0 bridgehead atoms. The van der Waals surface area contributed by atoms with Gasteiger partial charge in [0.25, 0.3) is 0 Å². The van der Waals surface area contributed by atoms with E-state index < -0.39 is 10.4 Å². The molecule has 1 aromatic carbocycles. The van der Waals surface area contributed by atoms with Crippen LogP contribution in [0.2, 0.25) is 0 Å². The van der Waals surface area contributed by atoms with Crippen LogP contribution in [0, 0.1) is 0 Å². The Morgan fingerprint density at radius 1 is 1.27 bits per heavy atom. The van der Waals surface area contributed by atoms with E-state index in [4.69, 9.17) is 9.29 Å². The van der Waals surface area contributed by atoms with Crippen LogP contribution in [0.4, 0.5) is 0 Å². The summed E-state index contributed by atoms with van der Waals surface area (Å²) < 4.78 is 37.9. The fourth-order valence-electron chi connectivity index (χ4n) is 1.06. The van der Waals surface area contributed by atoms with Gasteiger partial charge in [-0.3, -0.25) is 4.55 Å². The molecule has 0 fully saturated rings. The van der Waals surface area contributed by atoms with Gasteiger partial charge in [0.05, 0.1) is 13.7 Å². The van der Waals surface area contributed by atoms with Crippen molar-refractivity contribution in [2.45, 2.75) is 6.42 Å². The summed E-state index contributed by atoms with van der Waals surface area (Å²) in [5.74, 6) is 0.731. The van der Waals surface area contributed by atoms with Crippen molar-refractivity contribution in [1.29, 1.82) is 0 Å². The van der Waals surface area contributed by atoms with Crippen molar-refractivity contribution in [3.63, 3.8) is 0 Å². The van der Waals surface area contributed by atoms with Gasteiger partial charge in [-0.15, -0.1) is 0 Å². The normalized spacial score (nSPS) is 11.3. The molecule has 15 heavy (non-hydrogen) atoms. The Labute approximate surface area is 88.6 Å². The average molecular weight is 232 g/mol. The van der Waals surface area contributed by atoms with Crippen molar-refractivity contribution in [3.8, 4) is 5.75 Å². The highest BCUT2D eigenvalue weighted by molar-refractivity contribution is 7.80. The standard InChI is InChI=1S/C9H12O5S/c1-13-9-4-2-8(3-5-9)6-7-14-15(10,11)12/h2-5H,6-7H2,1H3,(H,10,11,12). The summed E-state index contributed by atoms with van der Waals surface area (Å²) in [6.45, 7) is -0.0782. The molecule has 0 amide bonds. The highest BCUT2D eigenvalue weighted by Crippen LogP contribution is 2.11. The fraction of sp³-hybridized carbons (Fsp3) is 0.333. The van der Waals surface area contributed by atoms with Gasteiger partial charge in [0, 0.05) is 0 Å². The Bertz CT molecular complexity index is 395. The van der Waals surface area contributed by atoms with E-state index in [1.165, 1.54) is 0 Å². The molecule has 0 unspecified atom stereocenters. The lowest BCUT2D eigenvalue weighted by molar-refractivity contribution is 0.272. The summed E-state index contributed by atoms with van der Waals surface area (Å²) in [5, 5.41) is 0. The van der Waals surface area contributed by atoms with Gasteiger partial charge < -0.3 is 4.74 Å². The van der Waals surface area contributed by atoms with Gasteiger partial charge in [0.1, 0.15) is 5.75 Å². The van der Waals surface area contributed by atoms with Gasteiger partial charge in [0.2, 0.25) is 0 Å². The van der Waals surface area contributed by atoms with Crippen LogP contribution >= 0.6 is 0 Å². The topological polar surface area (TPSA) is 72.8 Å². The molecule has 0 aliphatic rings. The molecule has 0 aliphatic carbocycles. The Kier molecular flexibility index (Phi) is 4.07. The molecule has 0 saturated carbocycles. The first-order chi connectivity index (χ1) is 7.01. The molecule has 6 heteroatoms. The zero-order valence-electron chi connectivity index (χ0n) is 8.21. The van der Waals surface area contributed by atoms with Crippen molar-refractivity contribution in [1.82, 2.24) is 0 Å². The predicted octanol–water partition coefficient (Wildman–Crippen LogP) is 1.06. The molecule has 0 radical (unpaired) electrons. The summed E-state index contributed by atoms with van der Waals surface area (Å²) in [7, 11) is -2.77. The molecule has 0 heterocycles. The summed E-state index contributed by atoms with van der Waals surface area (Å²) in [4.78, 5) is 0. The van der Waals surface area contributed by atoms with Crippen molar-refractivity contribution >= 4 is 10.4 Å². The van der Waals surface area contributed by atoms with Gasteiger partial charge in [-0.25, -0.2) is 4.18 Å². The molecule has 5 nitrogen and oxygen atoms in total. The van der Waals surface area contributed by atoms with Crippen LogP contribution in [0.5, 0.6) is 5.75 Å². The van der Waals surface area contributed by atoms with Gasteiger partial charge in [-0.2, -0.15) is 8.42 Å². The van der Waals surface area contributed by atoms with Gasteiger partial charge >= 0.3 is 10.4 Å². The SMILES string of the molecule is COc1ccc(CCOS(=O)(=O)O)cc1. The van der Waals surface area contributed by atoms with Gasteiger partial charge in [-0.05, 0) is 24.1 Å². The van der Waals surface area contributed by atoms with Crippen molar-refractivity contribution in [2.75, 3.05) is 13.7 Å². The maximum atomic E-state index is 10.2. The number of ether oxygens (including phenoxy) is 1. The summed E-state index contributed by atoms with van der Waals surface area (Å²) in [6.07, 6.45) is 0.407. The smallest absolute Gasteiger partial charge is 0.397 e. The number of hydrogen-bond acceptors (Lipinski definition) is 4. The number of rotatable bonds is 5. The first kappa shape index (κ1) is 12.0. The zero-order chi connectivity index (χ0) is 11.3. The second kappa shape index (κ2) is 5.11. The molecule has 84 valence electrons. The summed E-state index contributed by atoms with van der Waals surface area (Å²) in [5.41, 5.74) is 0.902. The zero-order valence-corrected chi connectivity index (χ0v) is 9.03. The lowest BCUT2D eigenvalue weighted by Gasteiger charge is -2.02. The minimum absolute atomic E-state index is 0.0782. The van der Waals surface area contributed by atoms with E-state index in [2.05, 4.69) is 4.18 Å². The lowest BCUT2D eigenvalue weighted by Crippen LogP contribution is -2.06. The quantitative estimate of drug-likeness (QED) is 0.768. The van der Waals surface area contributed by atoms with Crippen molar-refractivity contribution in [3.05, 3.63) is 29.8 Å². The van der Waals surface area contributed by atoms with E-state index in [1.54, 1.807) is 31.4 Å². The van der Waals surface area contributed by atoms with Crippen LogP contribution in [-0.2, 0) is 21.0 Å². The molecule has 0 spiro atoms. The minimum atomic E-state index is -4.33. The molecular weight excluding hydrogens is 220 g/mol. The summed E-state index contributed by atoms with van der Waals surface area (Å²) >= 11 is 0. The number of methoxy groups -OCH3 is 1. The third-order valence-electron chi connectivity index (χ3n) is 1.78.